The number of nitrogens with one attached hydrogen (secondary N) is 1. The average Bonchev–Trinajstić information content (AvgIpc) is 2.73. The van der Waals surface area contributed by atoms with Gasteiger partial charge >= 0.3 is 6.01 Å². The third-order valence-electron chi connectivity index (χ3n) is 3.69. The number of benzene rings is 2. The number of sulfonamides is 1. The lowest BCUT2D eigenvalue weighted by Gasteiger charge is -2.09. The molecule has 0 aliphatic heterocycles. The summed E-state index contributed by atoms with van der Waals surface area (Å²) in [4.78, 5) is 12.1. The first kappa shape index (κ1) is 20.2. The van der Waals surface area contributed by atoms with Crippen molar-refractivity contribution < 1.29 is 22.3 Å². The van der Waals surface area contributed by atoms with E-state index in [1.807, 2.05) is 0 Å². The van der Waals surface area contributed by atoms with Crippen molar-refractivity contribution in [3.63, 3.8) is 0 Å². The normalized spacial score (nSPS) is 11.4. The third kappa shape index (κ3) is 5.26. The van der Waals surface area contributed by atoms with Gasteiger partial charge in [0.1, 0.15) is 5.82 Å². The summed E-state index contributed by atoms with van der Waals surface area (Å²) in [5, 5.41) is 0. The van der Waals surface area contributed by atoms with Gasteiger partial charge in [-0.15, -0.1) is 0 Å². The fourth-order valence-electron chi connectivity index (χ4n) is 2.26. The van der Waals surface area contributed by atoms with E-state index in [-0.39, 0.29) is 28.4 Å². The topological polar surface area (TPSA) is 103 Å². The van der Waals surface area contributed by atoms with Crippen LogP contribution in [0.1, 0.15) is 5.56 Å². The summed E-state index contributed by atoms with van der Waals surface area (Å²) in [7, 11) is -1.14. The maximum atomic E-state index is 12.9. The first-order valence-electron chi connectivity index (χ1n) is 8.29. The van der Waals surface area contributed by atoms with Crippen molar-refractivity contribution >= 4 is 27.7 Å². The molecule has 0 saturated heterocycles. The van der Waals surface area contributed by atoms with Crippen molar-refractivity contribution in [2.75, 3.05) is 18.9 Å². The number of hydrogen-bond acceptors (Lipinski definition) is 7. The molecular weight excluding hydrogens is 399 g/mol. The SMILES string of the molecule is COc1cc(NS(=O)(=O)c2ccc(N=Cc3ccc(F)cc3)cc2)nc(OC)n1. The number of methoxy groups -OCH3 is 2. The smallest absolute Gasteiger partial charge is 0.321 e. The van der Waals surface area contributed by atoms with Crippen LogP contribution in [0.2, 0.25) is 0 Å². The van der Waals surface area contributed by atoms with E-state index in [1.54, 1.807) is 30.5 Å². The van der Waals surface area contributed by atoms with Gasteiger partial charge in [0.05, 0.1) is 24.8 Å². The van der Waals surface area contributed by atoms with Crippen molar-refractivity contribution in [1.29, 1.82) is 0 Å². The van der Waals surface area contributed by atoms with Crippen molar-refractivity contribution in [2.45, 2.75) is 4.90 Å². The van der Waals surface area contributed by atoms with E-state index in [0.29, 0.717) is 5.69 Å². The largest absolute Gasteiger partial charge is 0.481 e. The Kier molecular flexibility index (Phi) is 6.03. The van der Waals surface area contributed by atoms with Crippen LogP contribution in [-0.2, 0) is 10.0 Å². The van der Waals surface area contributed by atoms with Crippen LogP contribution in [-0.4, -0.2) is 38.8 Å². The Morgan fingerprint density at radius 1 is 1.00 bits per heavy atom. The molecule has 0 unspecified atom stereocenters. The van der Waals surface area contributed by atoms with Crippen LogP contribution >= 0.6 is 0 Å². The molecule has 0 aliphatic carbocycles. The molecule has 10 heteroatoms. The highest BCUT2D eigenvalue weighted by Gasteiger charge is 2.16. The fraction of sp³-hybridized carbons (Fsp3) is 0.105. The summed E-state index contributed by atoms with van der Waals surface area (Å²) < 4.78 is 50.4. The molecule has 0 fully saturated rings. The molecule has 0 radical (unpaired) electrons. The van der Waals surface area contributed by atoms with Crippen LogP contribution in [0, 0.1) is 5.82 Å². The molecule has 0 amide bonds. The number of rotatable bonds is 7. The van der Waals surface area contributed by atoms with Crippen molar-refractivity contribution in [1.82, 2.24) is 9.97 Å². The van der Waals surface area contributed by atoms with Gasteiger partial charge in [0.25, 0.3) is 10.0 Å². The second-order valence-electron chi connectivity index (χ2n) is 5.69. The molecule has 0 spiro atoms. The summed E-state index contributed by atoms with van der Waals surface area (Å²) in [6.45, 7) is 0. The predicted octanol–water partition coefficient (Wildman–Crippen LogP) is 3.18. The maximum absolute atomic E-state index is 12.9. The summed E-state index contributed by atoms with van der Waals surface area (Å²) in [5.74, 6) is -0.171. The Labute approximate surface area is 167 Å². The molecule has 0 aliphatic rings. The number of nitrogens with zero attached hydrogens (tertiary/aromatic N) is 3. The van der Waals surface area contributed by atoms with E-state index in [9.17, 15) is 12.8 Å². The number of ether oxygens (including phenoxy) is 2. The van der Waals surface area contributed by atoms with Gasteiger partial charge in [0.2, 0.25) is 5.88 Å². The van der Waals surface area contributed by atoms with Crippen LogP contribution < -0.4 is 14.2 Å². The Bertz CT molecular complexity index is 1100. The molecule has 2 aromatic carbocycles. The Balaban J connectivity index is 1.77. The first-order valence-corrected chi connectivity index (χ1v) is 9.77. The fourth-order valence-corrected chi connectivity index (χ4v) is 3.25. The second-order valence-corrected chi connectivity index (χ2v) is 7.37. The van der Waals surface area contributed by atoms with E-state index in [0.717, 1.165) is 5.56 Å². The zero-order chi connectivity index (χ0) is 20.9. The standard InChI is InChI=1S/C19H17FN4O4S/c1-27-18-11-17(22-19(23-18)28-2)24-29(25,26)16-9-7-15(8-10-16)21-12-13-3-5-14(20)6-4-13/h3-12H,1-2H3,(H,22,23,24). The highest BCUT2D eigenvalue weighted by molar-refractivity contribution is 7.92. The molecule has 0 saturated carbocycles. The van der Waals surface area contributed by atoms with E-state index >= 15 is 0 Å². The molecule has 29 heavy (non-hydrogen) atoms. The summed E-state index contributed by atoms with van der Waals surface area (Å²) in [6, 6.07) is 13.1. The molecular formula is C19H17FN4O4S. The van der Waals surface area contributed by atoms with Crippen molar-refractivity contribution in [3.8, 4) is 11.9 Å². The van der Waals surface area contributed by atoms with Crippen LogP contribution in [0.5, 0.6) is 11.9 Å². The van der Waals surface area contributed by atoms with E-state index in [4.69, 9.17) is 9.47 Å². The van der Waals surface area contributed by atoms with Crippen LogP contribution in [0.25, 0.3) is 0 Å². The molecule has 3 aromatic rings. The molecule has 8 nitrogen and oxygen atoms in total. The minimum absolute atomic E-state index is 0.00658. The average molecular weight is 416 g/mol. The summed E-state index contributed by atoms with van der Waals surface area (Å²) >= 11 is 0. The van der Waals surface area contributed by atoms with Gasteiger partial charge in [0.15, 0.2) is 5.82 Å². The maximum Gasteiger partial charge on any atom is 0.321 e. The van der Waals surface area contributed by atoms with Crippen LogP contribution in [0.3, 0.4) is 0 Å². The lowest BCUT2D eigenvalue weighted by Crippen LogP contribution is -2.14. The zero-order valence-corrected chi connectivity index (χ0v) is 16.4. The number of anilines is 1. The third-order valence-corrected chi connectivity index (χ3v) is 5.06. The Morgan fingerprint density at radius 2 is 1.69 bits per heavy atom. The molecule has 1 aromatic heterocycles. The van der Waals surface area contributed by atoms with Gasteiger partial charge in [-0.25, -0.2) is 12.8 Å². The zero-order valence-electron chi connectivity index (χ0n) is 15.5. The van der Waals surface area contributed by atoms with Crippen molar-refractivity contribution in [3.05, 3.63) is 66.0 Å². The quantitative estimate of drug-likeness (QED) is 0.594. The molecule has 3 rings (SSSR count). The molecule has 150 valence electrons. The van der Waals surface area contributed by atoms with E-state index < -0.39 is 10.0 Å². The summed E-state index contributed by atoms with van der Waals surface area (Å²) in [6.07, 6.45) is 1.56. The minimum Gasteiger partial charge on any atom is -0.481 e. The summed E-state index contributed by atoms with van der Waals surface area (Å²) in [5.41, 5.74) is 1.26. The van der Waals surface area contributed by atoms with Crippen LogP contribution in [0.4, 0.5) is 15.9 Å². The highest BCUT2D eigenvalue weighted by Crippen LogP contribution is 2.22. The van der Waals surface area contributed by atoms with Gasteiger partial charge in [-0.1, -0.05) is 12.1 Å². The number of halogens is 1. The second kappa shape index (κ2) is 8.65. The van der Waals surface area contributed by atoms with Gasteiger partial charge in [-0.2, -0.15) is 9.97 Å². The highest BCUT2D eigenvalue weighted by atomic mass is 32.2. The predicted molar refractivity (Wildman–Crippen MR) is 106 cm³/mol. The van der Waals surface area contributed by atoms with Crippen molar-refractivity contribution in [2.24, 2.45) is 4.99 Å². The van der Waals surface area contributed by atoms with Gasteiger partial charge in [-0.05, 0) is 42.0 Å². The first-order chi connectivity index (χ1) is 13.9. The monoisotopic (exact) mass is 416 g/mol. The van der Waals surface area contributed by atoms with E-state index in [1.165, 1.54) is 44.6 Å². The Hall–Kier alpha value is -3.53. The molecule has 0 bridgehead atoms. The van der Waals surface area contributed by atoms with E-state index in [2.05, 4.69) is 19.7 Å². The minimum atomic E-state index is -3.90. The lowest BCUT2D eigenvalue weighted by molar-refractivity contribution is 0.353. The number of aliphatic imine (C=N–C) groups is 1. The molecule has 1 heterocycles. The number of hydrogen-bond donors (Lipinski definition) is 1. The lowest BCUT2D eigenvalue weighted by atomic mass is 10.2. The van der Waals surface area contributed by atoms with Crippen LogP contribution in [0.15, 0.2) is 64.5 Å². The number of aromatic nitrogens is 2. The molecule has 0 atom stereocenters. The van der Waals surface area contributed by atoms with Gasteiger partial charge in [0, 0.05) is 12.3 Å². The van der Waals surface area contributed by atoms with Gasteiger partial charge in [-0.3, -0.25) is 9.71 Å². The Morgan fingerprint density at radius 3 is 2.31 bits per heavy atom. The van der Waals surface area contributed by atoms with Gasteiger partial charge < -0.3 is 9.47 Å². The molecule has 1 N–H and O–H groups in total.